The average molecular weight is 337 g/mol. The summed E-state index contributed by atoms with van der Waals surface area (Å²) in [5.41, 5.74) is 1.39. The van der Waals surface area contributed by atoms with Crippen LogP contribution in [0.2, 0.25) is 0 Å². The molecule has 0 spiro atoms. The Hall–Kier alpha value is -0.640. The zero-order chi connectivity index (χ0) is 12.5. The summed E-state index contributed by atoms with van der Waals surface area (Å²) in [6.45, 7) is 2.21. The van der Waals surface area contributed by atoms with Crippen molar-refractivity contribution in [3.63, 3.8) is 0 Å². The molecule has 18 heavy (non-hydrogen) atoms. The molecule has 2 aromatic heterocycles. The van der Waals surface area contributed by atoms with Crippen molar-refractivity contribution in [1.82, 2.24) is 0 Å². The Kier molecular flexibility index (Phi) is 3.55. The van der Waals surface area contributed by atoms with Crippen LogP contribution in [0.5, 0.6) is 0 Å². The van der Waals surface area contributed by atoms with Crippen LogP contribution in [0, 0.1) is 0 Å². The van der Waals surface area contributed by atoms with Crippen molar-refractivity contribution in [3.8, 4) is 0 Å². The van der Waals surface area contributed by atoms with E-state index < -0.39 is 0 Å². The van der Waals surface area contributed by atoms with Gasteiger partial charge >= 0.3 is 0 Å². The van der Waals surface area contributed by atoms with Gasteiger partial charge in [-0.2, -0.15) is 0 Å². The van der Waals surface area contributed by atoms with Crippen LogP contribution in [0.3, 0.4) is 0 Å². The molecule has 0 bridgehead atoms. The van der Waals surface area contributed by atoms with Gasteiger partial charge in [-0.25, -0.2) is 0 Å². The molecular formula is C15H13BrS2. The molecule has 1 unspecified atom stereocenters. The van der Waals surface area contributed by atoms with Gasteiger partial charge in [-0.05, 0) is 40.9 Å². The van der Waals surface area contributed by atoms with E-state index in [0.29, 0.717) is 4.83 Å². The lowest BCUT2D eigenvalue weighted by Gasteiger charge is -2.06. The van der Waals surface area contributed by atoms with Gasteiger partial charge in [0, 0.05) is 14.5 Å². The Morgan fingerprint density at radius 3 is 2.78 bits per heavy atom. The summed E-state index contributed by atoms with van der Waals surface area (Å²) in [7, 11) is 0. The van der Waals surface area contributed by atoms with Crippen molar-refractivity contribution in [2.45, 2.75) is 18.2 Å². The standard InChI is InChI=1S/C15H13BrS2/c1-2-10-7-8-14(18-10)15(16)12-9-17-13-6-4-3-5-11(12)13/h3-9,15H,2H2,1H3. The fraction of sp³-hybridized carbons (Fsp3) is 0.200. The minimum atomic E-state index is 0.318. The van der Waals surface area contributed by atoms with E-state index in [1.807, 2.05) is 22.7 Å². The molecule has 3 aromatic rings. The fourth-order valence-electron chi connectivity index (χ4n) is 2.07. The van der Waals surface area contributed by atoms with Crippen LogP contribution >= 0.6 is 38.6 Å². The molecule has 0 aliphatic rings. The zero-order valence-corrected chi connectivity index (χ0v) is 13.2. The maximum absolute atomic E-state index is 3.85. The number of alkyl halides is 1. The highest BCUT2D eigenvalue weighted by molar-refractivity contribution is 9.09. The number of hydrogen-bond donors (Lipinski definition) is 0. The highest BCUT2D eigenvalue weighted by Gasteiger charge is 2.16. The van der Waals surface area contributed by atoms with Gasteiger partial charge in [0.25, 0.3) is 0 Å². The first-order valence-corrected chi connectivity index (χ1v) is 8.59. The number of fused-ring (bicyclic) bond motifs is 1. The Labute approximate surface area is 123 Å². The van der Waals surface area contributed by atoms with Crippen molar-refractivity contribution in [2.75, 3.05) is 0 Å². The highest BCUT2D eigenvalue weighted by atomic mass is 79.9. The van der Waals surface area contributed by atoms with Gasteiger partial charge in [-0.3, -0.25) is 0 Å². The Balaban J connectivity index is 2.03. The monoisotopic (exact) mass is 336 g/mol. The first kappa shape index (κ1) is 12.4. The Bertz CT molecular complexity index is 666. The van der Waals surface area contributed by atoms with Gasteiger partial charge in [0.15, 0.2) is 0 Å². The van der Waals surface area contributed by atoms with E-state index in [0.717, 1.165) is 6.42 Å². The van der Waals surface area contributed by atoms with Crippen LogP contribution in [0.4, 0.5) is 0 Å². The van der Waals surface area contributed by atoms with Gasteiger partial charge in [0.2, 0.25) is 0 Å². The Morgan fingerprint density at radius 1 is 1.17 bits per heavy atom. The summed E-state index contributed by atoms with van der Waals surface area (Å²) in [5.74, 6) is 0. The lowest BCUT2D eigenvalue weighted by molar-refractivity contribution is 1.19. The maximum Gasteiger partial charge on any atom is 0.0752 e. The molecule has 3 heteroatoms. The maximum atomic E-state index is 3.85. The topological polar surface area (TPSA) is 0 Å². The zero-order valence-electron chi connectivity index (χ0n) is 10.0. The van der Waals surface area contributed by atoms with Crippen LogP contribution in [-0.4, -0.2) is 0 Å². The van der Waals surface area contributed by atoms with Gasteiger partial charge in [0.05, 0.1) is 4.83 Å². The van der Waals surface area contributed by atoms with E-state index in [1.165, 1.54) is 25.4 Å². The predicted octanol–water partition coefficient (Wildman–Crippen LogP) is 6.01. The number of benzene rings is 1. The molecule has 1 aromatic carbocycles. The second-order valence-corrected chi connectivity index (χ2v) is 7.23. The molecule has 3 rings (SSSR count). The van der Waals surface area contributed by atoms with Crippen molar-refractivity contribution < 1.29 is 0 Å². The third-order valence-corrected chi connectivity index (χ3v) is 6.63. The normalized spacial score (nSPS) is 13.0. The van der Waals surface area contributed by atoms with E-state index in [2.05, 4.69) is 64.6 Å². The molecule has 0 aliphatic carbocycles. The van der Waals surface area contributed by atoms with Gasteiger partial charge in [-0.15, -0.1) is 22.7 Å². The SMILES string of the molecule is CCc1ccc(C(Br)c2csc3ccccc23)s1. The Morgan fingerprint density at radius 2 is 2.00 bits per heavy atom. The van der Waals surface area contributed by atoms with Crippen molar-refractivity contribution in [1.29, 1.82) is 0 Å². The summed E-state index contributed by atoms with van der Waals surface area (Å²) >= 11 is 7.58. The summed E-state index contributed by atoms with van der Waals surface area (Å²) in [6, 6.07) is 13.1. The van der Waals surface area contributed by atoms with Crippen LogP contribution in [0.25, 0.3) is 10.1 Å². The van der Waals surface area contributed by atoms with E-state index in [1.54, 1.807) is 0 Å². The molecule has 0 saturated carbocycles. The first-order chi connectivity index (χ1) is 8.79. The lowest BCUT2D eigenvalue weighted by atomic mass is 10.1. The fourth-order valence-corrected chi connectivity index (χ4v) is 4.99. The van der Waals surface area contributed by atoms with Crippen LogP contribution in [0.15, 0.2) is 41.8 Å². The van der Waals surface area contributed by atoms with Crippen molar-refractivity contribution in [2.24, 2.45) is 0 Å². The molecule has 0 amide bonds. The number of hydrogen-bond acceptors (Lipinski definition) is 2. The number of aryl methyl sites for hydroxylation is 1. The predicted molar refractivity (Wildman–Crippen MR) is 86.3 cm³/mol. The van der Waals surface area contributed by atoms with Crippen molar-refractivity contribution in [3.05, 3.63) is 57.1 Å². The van der Waals surface area contributed by atoms with E-state index in [9.17, 15) is 0 Å². The summed E-state index contributed by atoms with van der Waals surface area (Å²) < 4.78 is 1.37. The van der Waals surface area contributed by atoms with Gasteiger partial charge in [-0.1, -0.05) is 41.1 Å². The quantitative estimate of drug-likeness (QED) is 0.514. The van der Waals surface area contributed by atoms with Gasteiger partial charge < -0.3 is 0 Å². The third-order valence-electron chi connectivity index (χ3n) is 3.06. The number of halogens is 1. The third kappa shape index (κ3) is 2.15. The second kappa shape index (κ2) is 5.16. The summed E-state index contributed by atoms with van der Waals surface area (Å²) in [5, 5.41) is 3.64. The van der Waals surface area contributed by atoms with Crippen LogP contribution in [-0.2, 0) is 6.42 Å². The number of thiophene rings is 2. The minimum Gasteiger partial charge on any atom is -0.144 e. The molecular weight excluding hydrogens is 324 g/mol. The molecule has 2 heterocycles. The molecule has 0 nitrogen and oxygen atoms in total. The van der Waals surface area contributed by atoms with E-state index in [-0.39, 0.29) is 0 Å². The molecule has 0 radical (unpaired) electrons. The lowest BCUT2D eigenvalue weighted by Crippen LogP contribution is -1.86. The number of rotatable bonds is 3. The van der Waals surface area contributed by atoms with Crippen molar-refractivity contribution >= 4 is 48.7 Å². The second-order valence-electron chi connectivity index (χ2n) is 4.21. The van der Waals surface area contributed by atoms with E-state index in [4.69, 9.17) is 0 Å². The highest BCUT2D eigenvalue weighted by Crippen LogP contribution is 2.40. The van der Waals surface area contributed by atoms with Gasteiger partial charge in [0.1, 0.15) is 0 Å². The molecule has 0 aliphatic heterocycles. The molecule has 0 saturated heterocycles. The first-order valence-electron chi connectivity index (χ1n) is 5.98. The summed E-state index contributed by atoms with van der Waals surface area (Å²) in [4.78, 5) is 3.17. The minimum absolute atomic E-state index is 0.318. The van der Waals surface area contributed by atoms with E-state index >= 15 is 0 Å². The average Bonchev–Trinajstić information content (AvgIpc) is 3.04. The molecule has 92 valence electrons. The largest absolute Gasteiger partial charge is 0.144 e. The smallest absolute Gasteiger partial charge is 0.0752 e. The summed E-state index contributed by atoms with van der Waals surface area (Å²) in [6.07, 6.45) is 1.12. The molecule has 1 atom stereocenters. The molecule has 0 N–H and O–H groups in total. The van der Waals surface area contributed by atoms with Crippen LogP contribution < -0.4 is 0 Å². The van der Waals surface area contributed by atoms with Crippen LogP contribution in [0.1, 0.15) is 27.1 Å². The molecule has 0 fully saturated rings.